The molecule has 0 saturated carbocycles. The van der Waals surface area contributed by atoms with Crippen molar-refractivity contribution in [1.82, 2.24) is 10.2 Å². The van der Waals surface area contributed by atoms with Crippen molar-refractivity contribution in [3.63, 3.8) is 0 Å². The maximum atomic E-state index is 5.43. The molecule has 1 N–H and O–H groups in total. The van der Waals surface area contributed by atoms with Crippen LogP contribution in [0, 0.1) is 0 Å². The second kappa shape index (κ2) is 3.79. The minimum atomic E-state index is -1.11. The Morgan fingerprint density at radius 1 is 1.36 bits per heavy atom. The Balaban J connectivity index is 1.67. The summed E-state index contributed by atoms with van der Waals surface area (Å²) in [7, 11) is -1.58. The van der Waals surface area contributed by atoms with Gasteiger partial charge in [0.05, 0.1) is 0 Å². The SMILES string of the molecule is C1CN(C[SiH]2O[SiH2]O2)CCN1. The number of nitrogens with zero attached hydrogens (tertiary/aromatic N) is 1. The van der Waals surface area contributed by atoms with Gasteiger partial charge in [-0.3, -0.25) is 4.90 Å². The van der Waals surface area contributed by atoms with Crippen LogP contribution in [0.2, 0.25) is 0 Å². The minimum absolute atomic E-state index is 0.470. The molecule has 0 amide bonds. The van der Waals surface area contributed by atoms with E-state index in [1.54, 1.807) is 0 Å². The van der Waals surface area contributed by atoms with Gasteiger partial charge in [0.15, 0.2) is 0 Å². The summed E-state index contributed by atoms with van der Waals surface area (Å²) >= 11 is 0. The molecule has 2 aliphatic rings. The van der Waals surface area contributed by atoms with Crippen molar-refractivity contribution in [2.45, 2.75) is 0 Å². The molecule has 0 radical (unpaired) electrons. The summed E-state index contributed by atoms with van der Waals surface area (Å²) in [6.45, 7) is 4.58. The molecule has 2 fully saturated rings. The van der Waals surface area contributed by atoms with Crippen LogP contribution in [-0.4, -0.2) is 56.5 Å². The zero-order valence-electron chi connectivity index (χ0n) is 6.58. The van der Waals surface area contributed by atoms with Crippen LogP contribution in [0.4, 0.5) is 0 Å². The second-order valence-electron chi connectivity index (χ2n) is 2.93. The van der Waals surface area contributed by atoms with E-state index in [4.69, 9.17) is 8.23 Å². The highest BCUT2D eigenvalue weighted by molar-refractivity contribution is 6.64. The highest BCUT2D eigenvalue weighted by Gasteiger charge is 2.25. The normalized spacial score (nSPS) is 35.5. The molecule has 4 nitrogen and oxygen atoms in total. The Bertz CT molecular complexity index is 128. The number of hydrogen-bond acceptors (Lipinski definition) is 4. The first-order valence-electron chi connectivity index (χ1n) is 4.11. The monoisotopic (exact) mass is 190 g/mol. The topological polar surface area (TPSA) is 33.7 Å². The largest absolute Gasteiger partial charge is 0.422 e. The van der Waals surface area contributed by atoms with E-state index in [0.717, 1.165) is 32.3 Å². The summed E-state index contributed by atoms with van der Waals surface area (Å²) < 4.78 is 10.9. The van der Waals surface area contributed by atoms with Crippen LogP contribution in [0.3, 0.4) is 0 Å². The summed E-state index contributed by atoms with van der Waals surface area (Å²) in [6.07, 6.45) is 1.11. The maximum absolute atomic E-state index is 5.43. The van der Waals surface area contributed by atoms with Gasteiger partial charge in [-0.15, -0.1) is 0 Å². The van der Waals surface area contributed by atoms with Gasteiger partial charge >= 0.3 is 9.28 Å². The van der Waals surface area contributed by atoms with E-state index in [1.807, 2.05) is 0 Å². The van der Waals surface area contributed by atoms with Crippen LogP contribution >= 0.6 is 0 Å². The molecule has 11 heavy (non-hydrogen) atoms. The summed E-state index contributed by atoms with van der Waals surface area (Å²) in [4.78, 5) is 2.45. The summed E-state index contributed by atoms with van der Waals surface area (Å²) in [6, 6.07) is 0. The predicted octanol–water partition coefficient (Wildman–Crippen LogP) is -2.30. The smallest absolute Gasteiger partial charge is 0.317 e. The second-order valence-corrected chi connectivity index (χ2v) is 7.06. The van der Waals surface area contributed by atoms with E-state index in [2.05, 4.69) is 10.2 Å². The molecule has 0 aromatic carbocycles. The number of hydrogen-bond donors (Lipinski definition) is 1. The first-order chi connectivity index (χ1) is 5.45. The summed E-state index contributed by atoms with van der Waals surface area (Å²) in [5, 5.41) is 3.32. The van der Waals surface area contributed by atoms with Gasteiger partial charge in [0.1, 0.15) is 0 Å². The Kier molecular flexibility index (Phi) is 2.72. The zero-order chi connectivity index (χ0) is 7.52. The van der Waals surface area contributed by atoms with E-state index in [9.17, 15) is 0 Å². The molecule has 2 saturated heterocycles. The number of rotatable bonds is 2. The van der Waals surface area contributed by atoms with Crippen LogP contribution in [0.25, 0.3) is 0 Å². The maximum Gasteiger partial charge on any atom is 0.317 e. The van der Waals surface area contributed by atoms with Gasteiger partial charge in [-0.25, -0.2) is 0 Å². The van der Waals surface area contributed by atoms with Gasteiger partial charge in [-0.1, -0.05) is 0 Å². The van der Waals surface area contributed by atoms with E-state index >= 15 is 0 Å². The third-order valence-electron chi connectivity index (χ3n) is 2.12. The Morgan fingerprint density at radius 2 is 2.09 bits per heavy atom. The fraction of sp³-hybridized carbons (Fsp3) is 1.00. The van der Waals surface area contributed by atoms with Gasteiger partial charge in [-0.05, 0) is 0 Å². The molecule has 0 aliphatic carbocycles. The third-order valence-corrected chi connectivity index (χ3v) is 7.00. The quantitative estimate of drug-likeness (QED) is 0.497. The van der Waals surface area contributed by atoms with E-state index in [0.29, 0.717) is 0 Å². The van der Waals surface area contributed by atoms with Crippen molar-refractivity contribution in [1.29, 1.82) is 0 Å². The predicted molar refractivity (Wildman–Crippen MR) is 47.2 cm³/mol. The minimum Gasteiger partial charge on any atom is -0.422 e. The van der Waals surface area contributed by atoms with Gasteiger partial charge in [0.25, 0.3) is 10.0 Å². The van der Waals surface area contributed by atoms with E-state index in [-0.39, 0.29) is 0 Å². The molecule has 6 heteroatoms. The summed E-state index contributed by atoms with van der Waals surface area (Å²) in [5.74, 6) is 0. The van der Waals surface area contributed by atoms with Crippen molar-refractivity contribution >= 4 is 19.3 Å². The molecule has 0 spiro atoms. The van der Waals surface area contributed by atoms with Crippen LogP contribution in [0.15, 0.2) is 0 Å². The molecule has 2 rings (SSSR count). The molecule has 2 aliphatic heterocycles. The lowest BCUT2D eigenvalue weighted by atomic mass is 10.4. The van der Waals surface area contributed by atoms with Crippen molar-refractivity contribution in [2.75, 3.05) is 32.3 Å². The molecule has 0 bridgehead atoms. The molecular weight excluding hydrogens is 176 g/mol. The molecule has 64 valence electrons. The number of nitrogens with one attached hydrogen (secondary N) is 1. The average Bonchev–Trinajstić information content (AvgIpc) is 1.99. The molecule has 0 unspecified atom stereocenters. The van der Waals surface area contributed by atoms with Crippen LogP contribution in [0.1, 0.15) is 0 Å². The van der Waals surface area contributed by atoms with Crippen LogP contribution in [0.5, 0.6) is 0 Å². The molecule has 0 aromatic rings. The van der Waals surface area contributed by atoms with Gasteiger partial charge < -0.3 is 13.5 Å². The lowest BCUT2D eigenvalue weighted by molar-refractivity contribution is 0.228. The Morgan fingerprint density at radius 3 is 2.64 bits per heavy atom. The first kappa shape index (κ1) is 7.90. The van der Waals surface area contributed by atoms with E-state index < -0.39 is 19.3 Å². The average molecular weight is 190 g/mol. The van der Waals surface area contributed by atoms with Crippen molar-refractivity contribution in [3.8, 4) is 0 Å². The first-order valence-corrected chi connectivity index (χ1v) is 7.03. The standard InChI is InChI=1S/C5H14N2O2Si2/c1-3-7(4-2-6-1)5-11-8-10-9-11/h6,11H,1-5,10H2. The molecule has 0 aromatic heterocycles. The zero-order valence-corrected chi connectivity index (χ0v) is 9.15. The molecule has 0 atom stereocenters. The summed E-state index contributed by atoms with van der Waals surface area (Å²) in [5.41, 5.74) is 0. The third kappa shape index (κ3) is 2.11. The highest BCUT2D eigenvalue weighted by atomic mass is 28.4. The lowest BCUT2D eigenvalue weighted by Crippen LogP contribution is -2.53. The van der Waals surface area contributed by atoms with Gasteiger partial charge in [-0.2, -0.15) is 0 Å². The molecular formula is C5H14N2O2Si2. The van der Waals surface area contributed by atoms with Gasteiger partial charge in [0.2, 0.25) is 0 Å². The lowest BCUT2D eigenvalue weighted by Gasteiger charge is -2.33. The van der Waals surface area contributed by atoms with Crippen LogP contribution < -0.4 is 5.32 Å². The van der Waals surface area contributed by atoms with Crippen molar-refractivity contribution in [2.24, 2.45) is 0 Å². The highest BCUT2D eigenvalue weighted by Crippen LogP contribution is 2.02. The van der Waals surface area contributed by atoms with Crippen molar-refractivity contribution in [3.05, 3.63) is 0 Å². The van der Waals surface area contributed by atoms with Crippen molar-refractivity contribution < 1.29 is 8.23 Å². The Hall–Kier alpha value is 0.274. The molecule has 2 heterocycles. The Labute approximate surface area is 70.8 Å². The fourth-order valence-electron chi connectivity index (χ4n) is 1.37. The number of piperazine rings is 1. The van der Waals surface area contributed by atoms with Crippen LogP contribution in [-0.2, 0) is 8.23 Å². The van der Waals surface area contributed by atoms with Gasteiger partial charge in [0, 0.05) is 32.3 Å². The van der Waals surface area contributed by atoms with E-state index in [1.165, 1.54) is 0 Å². The fourth-order valence-corrected chi connectivity index (χ4v) is 4.32.